The summed E-state index contributed by atoms with van der Waals surface area (Å²) in [6.07, 6.45) is 5.24. The van der Waals surface area contributed by atoms with Crippen molar-refractivity contribution >= 4 is 11.8 Å². The van der Waals surface area contributed by atoms with E-state index in [0.717, 1.165) is 6.42 Å². The Morgan fingerprint density at radius 2 is 2.25 bits per heavy atom. The second kappa shape index (κ2) is 2.44. The Bertz CT molecular complexity index is 267. The zero-order valence-electron chi connectivity index (χ0n) is 6.71. The highest BCUT2D eigenvalue weighted by Gasteiger charge is 2.48. The fourth-order valence-corrected chi connectivity index (χ4v) is 1.82. The van der Waals surface area contributed by atoms with Crippen molar-refractivity contribution < 1.29 is 14.3 Å². The number of allylic oxidation sites excluding steroid dienone is 2. The van der Waals surface area contributed by atoms with E-state index >= 15 is 0 Å². The van der Waals surface area contributed by atoms with E-state index in [9.17, 15) is 9.59 Å². The lowest BCUT2D eigenvalue weighted by molar-refractivity contribution is -0.164. The van der Waals surface area contributed by atoms with Gasteiger partial charge in [-0.1, -0.05) is 6.08 Å². The third-order valence-electron chi connectivity index (χ3n) is 2.58. The third-order valence-corrected chi connectivity index (χ3v) is 2.58. The van der Waals surface area contributed by atoms with Crippen molar-refractivity contribution in [1.29, 1.82) is 0 Å². The van der Waals surface area contributed by atoms with Gasteiger partial charge in [0.15, 0.2) is 5.78 Å². The molecule has 0 N–H and O–H groups in total. The van der Waals surface area contributed by atoms with Gasteiger partial charge in [-0.25, -0.2) is 0 Å². The van der Waals surface area contributed by atoms with Crippen molar-refractivity contribution in [2.24, 2.45) is 5.41 Å². The lowest BCUT2D eigenvalue weighted by atomic mass is 9.79. The second-order valence-corrected chi connectivity index (χ2v) is 3.29. The molecule has 1 heterocycles. The minimum absolute atomic E-state index is 0.0767. The molecule has 0 aromatic rings. The number of ketones is 1. The van der Waals surface area contributed by atoms with Crippen LogP contribution in [0, 0.1) is 5.41 Å². The first-order valence-corrected chi connectivity index (χ1v) is 4.14. The van der Waals surface area contributed by atoms with Gasteiger partial charge in [0.2, 0.25) is 0 Å². The number of esters is 1. The maximum absolute atomic E-state index is 11.4. The van der Waals surface area contributed by atoms with E-state index in [4.69, 9.17) is 4.74 Å². The summed E-state index contributed by atoms with van der Waals surface area (Å²) in [4.78, 5) is 22.7. The molecule has 12 heavy (non-hydrogen) atoms. The van der Waals surface area contributed by atoms with Crippen LogP contribution in [0.15, 0.2) is 12.2 Å². The first kappa shape index (κ1) is 7.53. The molecule has 2 rings (SSSR count). The smallest absolute Gasteiger partial charge is 0.320 e. The highest BCUT2D eigenvalue weighted by atomic mass is 16.5. The Hall–Kier alpha value is -1.12. The van der Waals surface area contributed by atoms with E-state index in [-0.39, 0.29) is 11.8 Å². The Balaban J connectivity index is 2.29. The van der Waals surface area contributed by atoms with Crippen molar-refractivity contribution in [2.75, 3.05) is 6.61 Å². The summed E-state index contributed by atoms with van der Waals surface area (Å²) < 4.78 is 4.89. The monoisotopic (exact) mass is 166 g/mol. The number of rotatable bonds is 0. The summed E-state index contributed by atoms with van der Waals surface area (Å²) >= 11 is 0. The highest BCUT2D eigenvalue weighted by Crippen LogP contribution is 2.38. The van der Waals surface area contributed by atoms with Crippen LogP contribution in [0.2, 0.25) is 0 Å². The van der Waals surface area contributed by atoms with Gasteiger partial charge in [0.1, 0.15) is 5.41 Å². The average Bonchev–Trinajstić information content (AvgIpc) is 2.41. The zero-order chi connectivity index (χ0) is 8.60. The molecule has 64 valence electrons. The predicted molar refractivity (Wildman–Crippen MR) is 41.4 cm³/mol. The lowest BCUT2D eigenvalue weighted by Crippen LogP contribution is -2.40. The SMILES string of the molecule is O=C1C=CCC12CCCOC2=O. The molecule has 1 unspecified atom stereocenters. The minimum atomic E-state index is -0.821. The van der Waals surface area contributed by atoms with Crippen LogP contribution in [0.3, 0.4) is 0 Å². The first-order valence-electron chi connectivity index (χ1n) is 4.14. The zero-order valence-corrected chi connectivity index (χ0v) is 6.71. The Morgan fingerprint density at radius 1 is 1.42 bits per heavy atom. The molecule has 1 spiro atoms. The van der Waals surface area contributed by atoms with E-state index in [1.165, 1.54) is 6.08 Å². The van der Waals surface area contributed by atoms with Crippen LogP contribution in [0.4, 0.5) is 0 Å². The summed E-state index contributed by atoms with van der Waals surface area (Å²) in [5.41, 5.74) is -0.821. The molecule has 1 aliphatic carbocycles. The van der Waals surface area contributed by atoms with Gasteiger partial charge < -0.3 is 4.74 Å². The van der Waals surface area contributed by atoms with E-state index in [1.807, 2.05) is 0 Å². The van der Waals surface area contributed by atoms with Gasteiger partial charge in [-0.15, -0.1) is 0 Å². The molecule has 3 nitrogen and oxygen atoms in total. The van der Waals surface area contributed by atoms with Crippen molar-refractivity contribution in [1.82, 2.24) is 0 Å². The first-order chi connectivity index (χ1) is 5.76. The summed E-state index contributed by atoms with van der Waals surface area (Å²) in [6, 6.07) is 0. The molecule has 1 atom stereocenters. The standard InChI is InChI=1S/C9H10O3/c10-7-3-1-4-9(7)5-2-6-12-8(9)11/h1,3H,2,4-6H2. The molecule has 2 aliphatic rings. The maximum atomic E-state index is 11.4. The molecule has 0 aromatic carbocycles. The van der Waals surface area contributed by atoms with E-state index in [0.29, 0.717) is 19.4 Å². The van der Waals surface area contributed by atoms with Crippen LogP contribution in [-0.4, -0.2) is 18.4 Å². The van der Waals surface area contributed by atoms with Crippen molar-refractivity contribution in [3.05, 3.63) is 12.2 Å². The van der Waals surface area contributed by atoms with Gasteiger partial charge >= 0.3 is 5.97 Å². The summed E-state index contributed by atoms with van der Waals surface area (Å²) in [5, 5.41) is 0. The van der Waals surface area contributed by atoms with Gasteiger partial charge in [0.25, 0.3) is 0 Å². The van der Waals surface area contributed by atoms with Gasteiger partial charge in [-0.2, -0.15) is 0 Å². The lowest BCUT2D eigenvalue weighted by Gasteiger charge is -2.29. The Labute approximate surface area is 70.4 Å². The number of ether oxygens (including phenoxy) is 1. The van der Waals surface area contributed by atoms with Crippen LogP contribution in [0.1, 0.15) is 19.3 Å². The second-order valence-electron chi connectivity index (χ2n) is 3.29. The summed E-state index contributed by atoms with van der Waals surface area (Å²) in [6.45, 7) is 0.466. The normalized spacial score (nSPS) is 34.3. The predicted octanol–water partition coefficient (Wildman–Crippen LogP) is 0.839. The molecular formula is C9H10O3. The maximum Gasteiger partial charge on any atom is 0.320 e. The number of hydrogen-bond acceptors (Lipinski definition) is 3. The van der Waals surface area contributed by atoms with Crippen LogP contribution < -0.4 is 0 Å². The largest absolute Gasteiger partial charge is 0.465 e. The molecule has 1 saturated heterocycles. The topological polar surface area (TPSA) is 43.4 Å². The fourth-order valence-electron chi connectivity index (χ4n) is 1.82. The number of hydrogen-bond donors (Lipinski definition) is 0. The van der Waals surface area contributed by atoms with Gasteiger partial charge in [-0.3, -0.25) is 9.59 Å². The van der Waals surface area contributed by atoms with Gasteiger partial charge in [-0.05, 0) is 25.3 Å². The fraction of sp³-hybridized carbons (Fsp3) is 0.556. The van der Waals surface area contributed by atoms with Crippen LogP contribution in [0.5, 0.6) is 0 Å². The number of cyclic esters (lactones) is 1. The van der Waals surface area contributed by atoms with Gasteiger partial charge in [0, 0.05) is 0 Å². The molecule has 0 saturated carbocycles. The average molecular weight is 166 g/mol. The number of carbonyl (C=O) groups excluding carboxylic acids is 2. The van der Waals surface area contributed by atoms with E-state index < -0.39 is 5.41 Å². The van der Waals surface area contributed by atoms with E-state index in [2.05, 4.69) is 0 Å². The van der Waals surface area contributed by atoms with Crippen LogP contribution >= 0.6 is 0 Å². The highest BCUT2D eigenvalue weighted by molar-refractivity contribution is 6.11. The van der Waals surface area contributed by atoms with Crippen molar-refractivity contribution in [3.63, 3.8) is 0 Å². The molecule has 0 amide bonds. The molecule has 0 aromatic heterocycles. The van der Waals surface area contributed by atoms with Crippen LogP contribution in [0.25, 0.3) is 0 Å². The summed E-state index contributed by atoms with van der Waals surface area (Å²) in [5.74, 6) is -0.407. The molecule has 1 aliphatic heterocycles. The van der Waals surface area contributed by atoms with Crippen molar-refractivity contribution in [2.45, 2.75) is 19.3 Å². The van der Waals surface area contributed by atoms with Crippen LogP contribution in [-0.2, 0) is 14.3 Å². The molecule has 0 radical (unpaired) electrons. The van der Waals surface area contributed by atoms with E-state index in [1.54, 1.807) is 6.08 Å². The van der Waals surface area contributed by atoms with Gasteiger partial charge in [0.05, 0.1) is 6.61 Å². The third kappa shape index (κ3) is 0.823. The molecule has 1 fully saturated rings. The molecule has 3 heteroatoms. The quantitative estimate of drug-likeness (QED) is 0.395. The Kier molecular flexibility index (Phi) is 1.53. The summed E-state index contributed by atoms with van der Waals surface area (Å²) in [7, 11) is 0. The molecule has 0 bridgehead atoms. The number of carbonyl (C=O) groups is 2. The molecular weight excluding hydrogens is 156 g/mol. The minimum Gasteiger partial charge on any atom is -0.465 e. The Morgan fingerprint density at radius 3 is 2.83 bits per heavy atom. The van der Waals surface area contributed by atoms with Crippen molar-refractivity contribution in [3.8, 4) is 0 Å².